The van der Waals surface area contributed by atoms with E-state index in [-0.39, 0.29) is 11.4 Å². The van der Waals surface area contributed by atoms with Gasteiger partial charge in [0.1, 0.15) is 6.54 Å². The first-order valence-corrected chi connectivity index (χ1v) is 13.1. The summed E-state index contributed by atoms with van der Waals surface area (Å²) in [5.74, 6) is -0.402. The molecular formula is C26H28ClN3O3S. The summed E-state index contributed by atoms with van der Waals surface area (Å²) >= 11 is 6.10. The smallest absolute Gasteiger partial charge is 0.264 e. The third kappa shape index (κ3) is 6.17. The summed E-state index contributed by atoms with van der Waals surface area (Å²) in [7, 11) is -3.96. The van der Waals surface area contributed by atoms with E-state index in [1.54, 1.807) is 36.4 Å². The first-order chi connectivity index (χ1) is 16.4. The Labute approximate surface area is 206 Å². The second kappa shape index (κ2) is 11.0. The molecule has 0 atom stereocenters. The fourth-order valence-corrected chi connectivity index (χ4v) is 5.63. The number of hydrogen-bond acceptors (Lipinski definition) is 4. The molecule has 3 aromatic carbocycles. The summed E-state index contributed by atoms with van der Waals surface area (Å²) in [5, 5.41) is 3.23. The molecule has 0 saturated carbocycles. The lowest BCUT2D eigenvalue weighted by atomic mass is 10.1. The van der Waals surface area contributed by atoms with Gasteiger partial charge in [-0.15, -0.1) is 0 Å². The Morgan fingerprint density at radius 1 is 0.912 bits per heavy atom. The summed E-state index contributed by atoms with van der Waals surface area (Å²) in [6, 6.07) is 22.7. The number of rotatable bonds is 9. The molecule has 4 rings (SSSR count). The van der Waals surface area contributed by atoms with Gasteiger partial charge in [-0.3, -0.25) is 14.0 Å². The monoisotopic (exact) mass is 497 g/mol. The van der Waals surface area contributed by atoms with Crippen LogP contribution in [-0.4, -0.2) is 38.9 Å². The summed E-state index contributed by atoms with van der Waals surface area (Å²) in [6.07, 6.45) is 2.52. The lowest BCUT2D eigenvalue weighted by Gasteiger charge is -2.24. The van der Waals surface area contributed by atoms with Gasteiger partial charge in [-0.1, -0.05) is 60.1 Å². The lowest BCUT2D eigenvalue weighted by molar-refractivity contribution is -0.119. The van der Waals surface area contributed by atoms with Crippen LogP contribution in [0.3, 0.4) is 0 Å². The Balaban J connectivity index is 1.43. The molecule has 0 aromatic heterocycles. The number of hydrogen-bond donors (Lipinski definition) is 1. The van der Waals surface area contributed by atoms with Crippen LogP contribution in [-0.2, 0) is 27.9 Å². The average Bonchev–Trinajstić information content (AvgIpc) is 3.35. The van der Waals surface area contributed by atoms with Gasteiger partial charge in [0.25, 0.3) is 10.0 Å². The van der Waals surface area contributed by atoms with Crippen molar-refractivity contribution >= 4 is 33.2 Å². The molecule has 6 nitrogen and oxygen atoms in total. The van der Waals surface area contributed by atoms with Crippen molar-refractivity contribution in [2.24, 2.45) is 0 Å². The second-order valence-electron chi connectivity index (χ2n) is 8.38. The fraction of sp³-hybridized carbons (Fsp3) is 0.269. The van der Waals surface area contributed by atoms with Crippen LogP contribution < -0.4 is 9.62 Å². The molecule has 1 aliphatic heterocycles. The summed E-state index contributed by atoms with van der Waals surface area (Å²) in [6.45, 7) is 3.19. The van der Waals surface area contributed by atoms with E-state index in [0.717, 1.165) is 29.5 Å². The molecule has 34 heavy (non-hydrogen) atoms. The number of nitrogens with zero attached hydrogens (tertiary/aromatic N) is 2. The highest BCUT2D eigenvalue weighted by Crippen LogP contribution is 2.26. The highest BCUT2D eigenvalue weighted by atomic mass is 35.5. The standard InChI is InChI=1S/C26H28ClN3O3S/c27-23-7-6-8-24(17-23)30(34(32,33)25-9-2-1-3-10-25)20-26(31)28-18-21-11-13-22(14-12-21)19-29-15-4-5-16-29/h1-3,6-14,17H,4-5,15-16,18-20H2,(H,28,31). The largest absolute Gasteiger partial charge is 0.350 e. The molecule has 1 amide bonds. The van der Waals surface area contributed by atoms with Gasteiger partial charge in [0.05, 0.1) is 10.6 Å². The van der Waals surface area contributed by atoms with E-state index < -0.39 is 15.9 Å². The normalized spacial score (nSPS) is 14.1. The molecule has 3 aromatic rings. The van der Waals surface area contributed by atoms with Gasteiger partial charge in [0.15, 0.2) is 0 Å². The molecule has 178 valence electrons. The first kappa shape index (κ1) is 24.3. The molecule has 0 aliphatic carbocycles. The topological polar surface area (TPSA) is 69.7 Å². The van der Waals surface area contributed by atoms with E-state index in [9.17, 15) is 13.2 Å². The number of sulfonamides is 1. The lowest BCUT2D eigenvalue weighted by Crippen LogP contribution is -2.40. The van der Waals surface area contributed by atoms with E-state index in [4.69, 9.17) is 11.6 Å². The van der Waals surface area contributed by atoms with Crippen molar-refractivity contribution in [1.82, 2.24) is 10.2 Å². The number of benzene rings is 3. The van der Waals surface area contributed by atoms with Crippen LogP contribution in [0.15, 0.2) is 83.8 Å². The van der Waals surface area contributed by atoms with E-state index in [2.05, 4.69) is 22.3 Å². The number of halogens is 1. The van der Waals surface area contributed by atoms with Crippen molar-refractivity contribution in [1.29, 1.82) is 0 Å². The van der Waals surface area contributed by atoms with Crippen molar-refractivity contribution in [2.45, 2.75) is 30.8 Å². The molecule has 1 saturated heterocycles. The third-order valence-corrected chi connectivity index (χ3v) is 7.86. The molecule has 8 heteroatoms. The predicted octanol–water partition coefficient (Wildman–Crippen LogP) is 4.45. The van der Waals surface area contributed by atoms with E-state index in [1.807, 2.05) is 12.1 Å². The Morgan fingerprint density at radius 3 is 2.26 bits per heavy atom. The minimum atomic E-state index is -3.96. The number of carbonyl (C=O) groups is 1. The van der Waals surface area contributed by atoms with Crippen LogP contribution >= 0.6 is 11.6 Å². The number of nitrogens with one attached hydrogen (secondary N) is 1. The van der Waals surface area contributed by atoms with Crippen LogP contribution in [0.25, 0.3) is 0 Å². The fourth-order valence-electron chi connectivity index (χ4n) is 4.01. The maximum absolute atomic E-state index is 13.3. The van der Waals surface area contributed by atoms with Gasteiger partial charge in [0.2, 0.25) is 5.91 Å². The number of likely N-dealkylation sites (tertiary alicyclic amines) is 1. The number of carbonyl (C=O) groups excluding carboxylic acids is 1. The van der Waals surface area contributed by atoms with E-state index in [0.29, 0.717) is 17.3 Å². The molecule has 0 spiro atoms. The molecule has 0 radical (unpaired) electrons. The summed E-state index contributed by atoms with van der Waals surface area (Å²) in [5.41, 5.74) is 2.54. The molecule has 1 fully saturated rings. The van der Waals surface area contributed by atoms with E-state index in [1.165, 1.54) is 36.6 Å². The van der Waals surface area contributed by atoms with Gasteiger partial charge in [-0.25, -0.2) is 8.42 Å². The minimum Gasteiger partial charge on any atom is -0.350 e. The average molecular weight is 498 g/mol. The molecule has 0 bridgehead atoms. The van der Waals surface area contributed by atoms with Gasteiger partial charge in [0, 0.05) is 18.1 Å². The zero-order valence-electron chi connectivity index (χ0n) is 18.9. The van der Waals surface area contributed by atoms with Crippen LogP contribution in [0.1, 0.15) is 24.0 Å². The van der Waals surface area contributed by atoms with Crippen molar-refractivity contribution in [2.75, 3.05) is 23.9 Å². The molecule has 1 heterocycles. The predicted molar refractivity (Wildman–Crippen MR) is 135 cm³/mol. The van der Waals surface area contributed by atoms with Crippen LogP contribution in [0.4, 0.5) is 5.69 Å². The maximum Gasteiger partial charge on any atom is 0.264 e. The van der Waals surface area contributed by atoms with Crippen LogP contribution in [0, 0.1) is 0 Å². The van der Waals surface area contributed by atoms with Crippen molar-refractivity contribution < 1.29 is 13.2 Å². The maximum atomic E-state index is 13.3. The number of amides is 1. The Hall–Kier alpha value is -2.87. The zero-order valence-corrected chi connectivity index (χ0v) is 20.4. The van der Waals surface area contributed by atoms with Gasteiger partial charge in [-0.2, -0.15) is 0 Å². The second-order valence-corrected chi connectivity index (χ2v) is 10.7. The van der Waals surface area contributed by atoms with Crippen LogP contribution in [0.5, 0.6) is 0 Å². The number of anilines is 1. The van der Waals surface area contributed by atoms with Crippen LogP contribution in [0.2, 0.25) is 5.02 Å². The Bertz CT molecular complexity index is 1210. The SMILES string of the molecule is O=C(CN(c1cccc(Cl)c1)S(=O)(=O)c1ccccc1)NCc1ccc(CN2CCCC2)cc1. The highest BCUT2D eigenvalue weighted by molar-refractivity contribution is 7.92. The highest BCUT2D eigenvalue weighted by Gasteiger charge is 2.27. The molecule has 0 unspecified atom stereocenters. The minimum absolute atomic E-state index is 0.108. The Morgan fingerprint density at radius 2 is 1.59 bits per heavy atom. The third-order valence-electron chi connectivity index (χ3n) is 5.83. The first-order valence-electron chi connectivity index (χ1n) is 11.3. The van der Waals surface area contributed by atoms with Crippen molar-refractivity contribution in [3.05, 3.63) is 95.0 Å². The molecule has 1 aliphatic rings. The van der Waals surface area contributed by atoms with Gasteiger partial charge >= 0.3 is 0 Å². The Kier molecular flexibility index (Phi) is 7.88. The van der Waals surface area contributed by atoms with Crippen molar-refractivity contribution in [3.8, 4) is 0 Å². The summed E-state index contributed by atoms with van der Waals surface area (Å²) in [4.78, 5) is 15.3. The quantitative estimate of drug-likeness (QED) is 0.474. The molecular weight excluding hydrogens is 470 g/mol. The summed E-state index contributed by atoms with van der Waals surface area (Å²) < 4.78 is 27.8. The van der Waals surface area contributed by atoms with E-state index >= 15 is 0 Å². The van der Waals surface area contributed by atoms with Gasteiger partial charge < -0.3 is 5.32 Å². The zero-order chi connectivity index (χ0) is 24.0. The molecule has 1 N–H and O–H groups in total. The van der Waals surface area contributed by atoms with Gasteiger partial charge in [-0.05, 0) is 67.4 Å². The van der Waals surface area contributed by atoms with Crippen molar-refractivity contribution in [3.63, 3.8) is 0 Å².